The van der Waals surface area contributed by atoms with E-state index in [0.29, 0.717) is 13.2 Å². The van der Waals surface area contributed by atoms with Gasteiger partial charge in [-0.05, 0) is 6.92 Å². The first-order valence-electron chi connectivity index (χ1n) is 3.42. The minimum atomic E-state index is 0.265. The second-order valence-electron chi connectivity index (χ2n) is 1.88. The smallest absolute Gasteiger partial charge is 0.189 e. The van der Waals surface area contributed by atoms with E-state index in [1.165, 1.54) is 0 Å². The zero-order valence-corrected chi connectivity index (χ0v) is 6.65. The van der Waals surface area contributed by atoms with Crippen LogP contribution in [0.2, 0.25) is 0 Å². The van der Waals surface area contributed by atoms with Crippen LogP contribution in [0.1, 0.15) is 6.92 Å². The first-order valence-corrected chi connectivity index (χ1v) is 3.42. The quantitative estimate of drug-likeness (QED) is 0.0914. The van der Waals surface area contributed by atoms with Gasteiger partial charge in [0.05, 0.1) is 6.67 Å². The van der Waals surface area contributed by atoms with Crippen LogP contribution in [0.15, 0.2) is 12.2 Å². The van der Waals surface area contributed by atoms with Gasteiger partial charge in [0, 0.05) is 6.54 Å². The van der Waals surface area contributed by atoms with Crippen molar-refractivity contribution in [2.45, 2.75) is 6.92 Å². The maximum Gasteiger partial charge on any atom is 0.189 e. The highest BCUT2D eigenvalue weighted by atomic mass is 15.3. The van der Waals surface area contributed by atoms with Crippen molar-refractivity contribution in [3.8, 4) is 0 Å². The molecule has 0 aliphatic rings. The number of guanidine groups is 1. The first-order chi connectivity index (χ1) is 5.31. The third kappa shape index (κ3) is 6.82. The molecule has 6 N–H and O–H groups in total. The first kappa shape index (κ1) is 9.93. The summed E-state index contributed by atoms with van der Waals surface area (Å²) in [4.78, 5) is 0. The fraction of sp³-hybridized carbons (Fsp3) is 0.500. The van der Waals surface area contributed by atoms with Crippen LogP contribution in [0.25, 0.3) is 0 Å². The summed E-state index contributed by atoms with van der Waals surface area (Å²) in [5.41, 5.74) is 2.38. The van der Waals surface area contributed by atoms with Crippen LogP contribution in [0, 0.1) is 5.41 Å². The lowest BCUT2D eigenvalue weighted by Gasteiger charge is -2.06. The Morgan fingerprint density at radius 3 is 2.82 bits per heavy atom. The van der Waals surface area contributed by atoms with E-state index in [1.807, 2.05) is 19.1 Å². The minimum Gasteiger partial charge on any atom is -0.353 e. The summed E-state index contributed by atoms with van der Waals surface area (Å²) in [7, 11) is 0. The molecular formula is C6H15N5. The van der Waals surface area contributed by atoms with E-state index in [0.717, 1.165) is 0 Å². The van der Waals surface area contributed by atoms with Gasteiger partial charge in [0.15, 0.2) is 5.96 Å². The number of hydrogen-bond donors (Lipinski definition) is 5. The highest BCUT2D eigenvalue weighted by Gasteiger charge is 1.88. The lowest BCUT2D eigenvalue weighted by Crippen LogP contribution is -2.43. The van der Waals surface area contributed by atoms with Crippen LogP contribution in [-0.4, -0.2) is 19.2 Å². The zero-order valence-electron chi connectivity index (χ0n) is 6.65. The lowest BCUT2D eigenvalue weighted by atomic mass is 10.5. The second-order valence-corrected chi connectivity index (χ2v) is 1.88. The molecule has 0 saturated carbocycles. The van der Waals surface area contributed by atoms with Gasteiger partial charge in [0.1, 0.15) is 0 Å². The average molecular weight is 157 g/mol. The third-order valence-corrected chi connectivity index (χ3v) is 1.000. The summed E-state index contributed by atoms with van der Waals surface area (Å²) in [6.45, 7) is 2.98. The molecule has 0 rings (SSSR count). The molecule has 64 valence electrons. The van der Waals surface area contributed by atoms with Crippen molar-refractivity contribution in [3.05, 3.63) is 12.2 Å². The molecule has 0 saturated heterocycles. The van der Waals surface area contributed by atoms with Crippen molar-refractivity contribution in [2.75, 3.05) is 13.2 Å². The van der Waals surface area contributed by atoms with Crippen molar-refractivity contribution in [1.82, 2.24) is 16.1 Å². The molecule has 5 nitrogen and oxygen atoms in total. The summed E-state index contributed by atoms with van der Waals surface area (Å²) in [5, 5.41) is 12.7. The number of rotatable bonds is 4. The predicted octanol–water partition coefficient (Wildman–Crippen LogP) is -0.903. The van der Waals surface area contributed by atoms with E-state index < -0.39 is 0 Å². The fourth-order valence-corrected chi connectivity index (χ4v) is 0.481. The Kier molecular flexibility index (Phi) is 6.36. The predicted molar refractivity (Wildman–Crippen MR) is 45.9 cm³/mol. The molecule has 0 aliphatic carbocycles. The van der Waals surface area contributed by atoms with Gasteiger partial charge in [-0.25, -0.2) is 5.43 Å². The normalized spacial score (nSPS) is 10.0. The van der Waals surface area contributed by atoms with Gasteiger partial charge in [0.25, 0.3) is 0 Å². The van der Waals surface area contributed by atoms with Gasteiger partial charge in [-0.2, -0.15) is 0 Å². The number of nitrogens with two attached hydrogens (primary N) is 1. The van der Waals surface area contributed by atoms with E-state index in [9.17, 15) is 0 Å². The molecule has 0 fully saturated rings. The van der Waals surface area contributed by atoms with Crippen molar-refractivity contribution in [2.24, 2.45) is 5.84 Å². The Balaban J connectivity index is 3.22. The maximum absolute atomic E-state index is 7.22. The van der Waals surface area contributed by atoms with E-state index >= 15 is 0 Å². The van der Waals surface area contributed by atoms with E-state index in [2.05, 4.69) is 16.1 Å². The van der Waals surface area contributed by atoms with Crippen molar-refractivity contribution in [1.29, 1.82) is 5.41 Å². The van der Waals surface area contributed by atoms with Crippen molar-refractivity contribution in [3.63, 3.8) is 0 Å². The summed E-state index contributed by atoms with van der Waals surface area (Å²) < 4.78 is 0. The van der Waals surface area contributed by atoms with Crippen LogP contribution in [0.4, 0.5) is 0 Å². The fourth-order valence-electron chi connectivity index (χ4n) is 0.481. The Hall–Kier alpha value is -1.07. The van der Waals surface area contributed by atoms with Gasteiger partial charge in [0.2, 0.25) is 0 Å². The molecule has 0 amide bonds. The summed E-state index contributed by atoms with van der Waals surface area (Å²) in [6, 6.07) is 0. The number of allylic oxidation sites excluding steroid dienone is 1. The van der Waals surface area contributed by atoms with Crippen LogP contribution >= 0.6 is 0 Å². The van der Waals surface area contributed by atoms with Gasteiger partial charge in [-0.15, -0.1) is 0 Å². The molecular weight excluding hydrogens is 142 g/mol. The molecule has 11 heavy (non-hydrogen) atoms. The Labute approximate surface area is 66.5 Å². The van der Waals surface area contributed by atoms with E-state index in [-0.39, 0.29) is 5.96 Å². The van der Waals surface area contributed by atoms with Crippen LogP contribution in [0.3, 0.4) is 0 Å². The van der Waals surface area contributed by atoms with Gasteiger partial charge in [-0.1, -0.05) is 12.2 Å². The summed E-state index contributed by atoms with van der Waals surface area (Å²) in [6.07, 6.45) is 3.84. The van der Waals surface area contributed by atoms with Gasteiger partial charge >= 0.3 is 0 Å². The molecule has 0 radical (unpaired) electrons. The van der Waals surface area contributed by atoms with Crippen molar-refractivity contribution >= 4 is 5.96 Å². The molecule has 0 aliphatic heterocycles. The van der Waals surface area contributed by atoms with Crippen LogP contribution < -0.4 is 21.9 Å². The van der Waals surface area contributed by atoms with Gasteiger partial charge < -0.3 is 10.6 Å². The van der Waals surface area contributed by atoms with Crippen LogP contribution in [0.5, 0.6) is 0 Å². The minimum absolute atomic E-state index is 0.265. The Morgan fingerprint density at radius 2 is 2.27 bits per heavy atom. The molecule has 0 atom stereocenters. The average Bonchev–Trinajstić information content (AvgIpc) is 2.01. The standard InChI is InChI=1S/C6H15N5/c1-2-3-4-9-6(7)10-5-11-8/h2-3,11H,4-5,8H2,1H3,(H3,7,9,10)/b3-2-. The molecule has 5 heteroatoms. The SMILES string of the molecule is C/C=C\CNC(=N)NCNN. The summed E-state index contributed by atoms with van der Waals surface area (Å²) in [5.74, 6) is 5.25. The largest absolute Gasteiger partial charge is 0.353 e. The van der Waals surface area contributed by atoms with Gasteiger partial charge in [-0.3, -0.25) is 11.3 Å². The third-order valence-electron chi connectivity index (χ3n) is 1.000. The van der Waals surface area contributed by atoms with Crippen LogP contribution in [-0.2, 0) is 0 Å². The zero-order chi connectivity index (χ0) is 8.53. The molecule has 0 aromatic heterocycles. The molecule has 0 heterocycles. The molecule has 0 bridgehead atoms. The topological polar surface area (TPSA) is 86.0 Å². The Bertz CT molecular complexity index is 131. The highest BCUT2D eigenvalue weighted by Crippen LogP contribution is 1.66. The maximum atomic E-state index is 7.22. The second kappa shape index (κ2) is 7.04. The number of hydrogen-bond acceptors (Lipinski definition) is 3. The Morgan fingerprint density at radius 1 is 1.55 bits per heavy atom. The number of nitrogens with one attached hydrogen (secondary N) is 4. The monoisotopic (exact) mass is 157 g/mol. The molecule has 0 unspecified atom stereocenters. The highest BCUT2D eigenvalue weighted by molar-refractivity contribution is 5.76. The lowest BCUT2D eigenvalue weighted by molar-refractivity contribution is 0.687. The summed E-state index contributed by atoms with van der Waals surface area (Å²) >= 11 is 0. The number of hydrazine groups is 1. The molecule has 0 aromatic rings. The molecule has 0 aromatic carbocycles. The molecule has 0 spiro atoms. The van der Waals surface area contributed by atoms with Crippen molar-refractivity contribution < 1.29 is 0 Å². The van der Waals surface area contributed by atoms with E-state index in [4.69, 9.17) is 11.3 Å². The van der Waals surface area contributed by atoms with E-state index in [1.54, 1.807) is 0 Å².